The van der Waals surface area contributed by atoms with Crippen LogP contribution in [0.2, 0.25) is 0 Å². The number of nitrogens with one attached hydrogen (secondary N) is 1. The average molecular weight is 200 g/mol. The Balaban J connectivity index is 2.42. The standard InChI is InChI=1S/C13H16N2/c1-3-10(2)15-12-8-4-6-11-7-5-9-14-13(11)12/h4-10,15H,3H2,1-2H3/t10-/m1/s1. The summed E-state index contributed by atoms with van der Waals surface area (Å²) < 4.78 is 0. The Hall–Kier alpha value is -1.57. The van der Waals surface area contributed by atoms with Gasteiger partial charge in [0.15, 0.2) is 0 Å². The molecule has 1 N–H and O–H groups in total. The number of pyridine rings is 1. The molecule has 2 nitrogen and oxygen atoms in total. The third-order valence-electron chi connectivity index (χ3n) is 2.65. The number of fused-ring (bicyclic) bond motifs is 1. The second kappa shape index (κ2) is 4.30. The van der Waals surface area contributed by atoms with Crippen molar-refractivity contribution >= 4 is 16.6 Å². The van der Waals surface area contributed by atoms with E-state index in [9.17, 15) is 0 Å². The minimum Gasteiger partial charge on any atom is -0.381 e. The molecule has 0 bridgehead atoms. The minimum absolute atomic E-state index is 0.484. The average Bonchev–Trinajstić information content (AvgIpc) is 2.29. The van der Waals surface area contributed by atoms with Crippen LogP contribution in [0.5, 0.6) is 0 Å². The summed E-state index contributed by atoms with van der Waals surface area (Å²) in [6, 6.07) is 10.8. The number of benzene rings is 1. The van der Waals surface area contributed by atoms with Gasteiger partial charge in [-0.2, -0.15) is 0 Å². The first-order chi connectivity index (χ1) is 7.31. The van der Waals surface area contributed by atoms with Gasteiger partial charge in [0.1, 0.15) is 0 Å². The van der Waals surface area contributed by atoms with E-state index in [0.29, 0.717) is 6.04 Å². The molecule has 2 heteroatoms. The van der Waals surface area contributed by atoms with Crippen LogP contribution in [0.3, 0.4) is 0 Å². The van der Waals surface area contributed by atoms with E-state index in [1.807, 2.05) is 12.3 Å². The molecule has 0 spiro atoms. The van der Waals surface area contributed by atoms with Gasteiger partial charge in [-0.1, -0.05) is 25.1 Å². The second-order valence-electron chi connectivity index (χ2n) is 3.83. The number of hydrogen-bond donors (Lipinski definition) is 1. The highest BCUT2D eigenvalue weighted by molar-refractivity contribution is 5.90. The van der Waals surface area contributed by atoms with E-state index in [-0.39, 0.29) is 0 Å². The van der Waals surface area contributed by atoms with Crippen molar-refractivity contribution < 1.29 is 0 Å². The molecule has 1 heterocycles. The van der Waals surface area contributed by atoms with Crippen molar-refractivity contribution in [1.82, 2.24) is 4.98 Å². The highest BCUT2D eigenvalue weighted by Crippen LogP contribution is 2.21. The molecule has 2 rings (SSSR count). The van der Waals surface area contributed by atoms with Crippen LogP contribution in [-0.2, 0) is 0 Å². The molecular weight excluding hydrogens is 184 g/mol. The summed E-state index contributed by atoms with van der Waals surface area (Å²) >= 11 is 0. The zero-order valence-corrected chi connectivity index (χ0v) is 9.20. The Morgan fingerprint density at radius 1 is 1.27 bits per heavy atom. The van der Waals surface area contributed by atoms with Gasteiger partial charge in [-0.15, -0.1) is 0 Å². The van der Waals surface area contributed by atoms with Crippen molar-refractivity contribution in [2.24, 2.45) is 0 Å². The zero-order chi connectivity index (χ0) is 10.7. The van der Waals surface area contributed by atoms with Crippen LogP contribution in [0.15, 0.2) is 36.5 Å². The number of nitrogens with zero attached hydrogens (tertiary/aromatic N) is 1. The zero-order valence-electron chi connectivity index (χ0n) is 9.20. The maximum absolute atomic E-state index is 4.41. The lowest BCUT2D eigenvalue weighted by Crippen LogP contribution is -2.13. The third-order valence-corrected chi connectivity index (χ3v) is 2.65. The van der Waals surface area contributed by atoms with Gasteiger partial charge in [-0.25, -0.2) is 0 Å². The summed E-state index contributed by atoms with van der Waals surface area (Å²) in [7, 11) is 0. The van der Waals surface area contributed by atoms with Crippen molar-refractivity contribution in [3.8, 4) is 0 Å². The fourth-order valence-corrected chi connectivity index (χ4v) is 1.59. The quantitative estimate of drug-likeness (QED) is 0.820. The first-order valence-electron chi connectivity index (χ1n) is 5.41. The van der Waals surface area contributed by atoms with Crippen LogP contribution in [0.4, 0.5) is 5.69 Å². The number of aromatic nitrogens is 1. The van der Waals surface area contributed by atoms with Crippen molar-refractivity contribution in [3.05, 3.63) is 36.5 Å². The Kier molecular flexibility index (Phi) is 2.86. The van der Waals surface area contributed by atoms with Gasteiger partial charge in [0.2, 0.25) is 0 Å². The summed E-state index contributed by atoms with van der Waals surface area (Å²) in [5, 5.41) is 4.66. The summed E-state index contributed by atoms with van der Waals surface area (Å²) in [5.41, 5.74) is 2.18. The molecule has 0 radical (unpaired) electrons. The summed E-state index contributed by atoms with van der Waals surface area (Å²) in [6.45, 7) is 4.36. The molecule has 0 saturated carbocycles. The largest absolute Gasteiger partial charge is 0.381 e. The first kappa shape index (κ1) is 9.97. The molecule has 2 aromatic rings. The molecule has 78 valence electrons. The van der Waals surface area contributed by atoms with Crippen LogP contribution in [0.25, 0.3) is 10.9 Å². The van der Waals surface area contributed by atoms with Gasteiger partial charge in [0.25, 0.3) is 0 Å². The van der Waals surface area contributed by atoms with Crippen LogP contribution >= 0.6 is 0 Å². The third kappa shape index (κ3) is 2.09. The lowest BCUT2D eigenvalue weighted by molar-refractivity contribution is 0.765. The lowest BCUT2D eigenvalue weighted by Gasteiger charge is -2.14. The topological polar surface area (TPSA) is 24.9 Å². The van der Waals surface area contributed by atoms with Gasteiger partial charge >= 0.3 is 0 Å². The maximum atomic E-state index is 4.41. The first-order valence-corrected chi connectivity index (χ1v) is 5.41. The van der Waals surface area contributed by atoms with Crippen LogP contribution < -0.4 is 5.32 Å². The van der Waals surface area contributed by atoms with E-state index in [1.165, 1.54) is 5.39 Å². The Morgan fingerprint density at radius 3 is 2.87 bits per heavy atom. The molecule has 0 aliphatic heterocycles. The molecule has 15 heavy (non-hydrogen) atoms. The molecule has 1 atom stereocenters. The molecule has 1 aromatic heterocycles. The van der Waals surface area contributed by atoms with Gasteiger partial charge in [0, 0.05) is 17.6 Å². The highest BCUT2D eigenvalue weighted by Gasteiger charge is 2.03. The number of hydrogen-bond acceptors (Lipinski definition) is 2. The van der Waals surface area contributed by atoms with E-state index in [1.54, 1.807) is 0 Å². The Morgan fingerprint density at radius 2 is 2.07 bits per heavy atom. The van der Waals surface area contributed by atoms with E-state index in [0.717, 1.165) is 17.6 Å². The van der Waals surface area contributed by atoms with Crippen molar-refractivity contribution in [2.45, 2.75) is 26.3 Å². The van der Waals surface area contributed by atoms with Crippen LogP contribution in [-0.4, -0.2) is 11.0 Å². The fraction of sp³-hybridized carbons (Fsp3) is 0.308. The van der Waals surface area contributed by atoms with Crippen molar-refractivity contribution in [1.29, 1.82) is 0 Å². The lowest BCUT2D eigenvalue weighted by atomic mass is 10.1. The summed E-state index contributed by atoms with van der Waals surface area (Å²) in [4.78, 5) is 4.41. The summed E-state index contributed by atoms with van der Waals surface area (Å²) in [6.07, 6.45) is 2.95. The van der Waals surface area contributed by atoms with Crippen molar-refractivity contribution in [3.63, 3.8) is 0 Å². The van der Waals surface area contributed by atoms with Gasteiger partial charge < -0.3 is 5.32 Å². The molecular formula is C13H16N2. The molecule has 0 fully saturated rings. The van der Waals surface area contributed by atoms with Crippen LogP contribution in [0.1, 0.15) is 20.3 Å². The Bertz CT molecular complexity index is 446. The molecule has 0 unspecified atom stereocenters. The molecule has 0 amide bonds. The maximum Gasteiger partial charge on any atom is 0.0933 e. The molecule has 0 aliphatic rings. The SMILES string of the molecule is CC[C@@H](C)Nc1cccc2cccnc12. The molecule has 1 aromatic carbocycles. The highest BCUT2D eigenvalue weighted by atomic mass is 14.9. The molecule has 0 saturated heterocycles. The van der Waals surface area contributed by atoms with E-state index in [2.05, 4.69) is 48.4 Å². The normalized spacial score (nSPS) is 12.7. The van der Waals surface area contributed by atoms with E-state index in [4.69, 9.17) is 0 Å². The van der Waals surface area contributed by atoms with Gasteiger partial charge in [-0.3, -0.25) is 4.98 Å². The Labute approximate surface area is 90.3 Å². The molecule has 0 aliphatic carbocycles. The van der Waals surface area contributed by atoms with Crippen molar-refractivity contribution in [2.75, 3.05) is 5.32 Å². The number of rotatable bonds is 3. The van der Waals surface area contributed by atoms with Crippen LogP contribution in [0, 0.1) is 0 Å². The number of para-hydroxylation sites is 1. The minimum atomic E-state index is 0.484. The van der Waals surface area contributed by atoms with Gasteiger partial charge in [0.05, 0.1) is 11.2 Å². The smallest absolute Gasteiger partial charge is 0.0933 e. The predicted molar refractivity (Wildman–Crippen MR) is 65.1 cm³/mol. The summed E-state index contributed by atoms with van der Waals surface area (Å²) in [5.74, 6) is 0. The number of anilines is 1. The monoisotopic (exact) mass is 200 g/mol. The second-order valence-corrected chi connectivity index (χ2v) is 3.83. The van der Waals surface area contributed by atoms with Gasteiger partial charge in [-0.05, 0) is 25.5 Å². The van der Waals surface area contributed by atoms with E-state index >= 15 is 0 Å². The van der Waals surface area contributed by atoms with E-state index < -0.39 is 0 Å². The fourth-order valence-electron chi connectivity index (χ4n) is 1.59. The predicted octanol–water partition coefficient (Wildman–Crippen LogP) is 3.45.